The fourth-order valence-electron chi connectivity index (χ4n) is 2.93. The van der Waals surface area contributed by atoms with E-state index in [9.17, 15) is 4.79 Å². The molecule has 1 aromatic heterocycles. The normalized spacial score (nSPS) is 14.9. The van der Waals surface area contributed by atoms with Crippen molar-refractivity contribution in [1.29, 1.82) is 0 Å². The van der Waals surface area contributed by atoms with Crippen LogP contribution in [0.15, 0.2) is 36.4 Å². The molecule has 1 aromatic carbocycles. The largest absolute Gasteiger partial charge is 0.461 e. The van der Waals surface area contributed by atoms with Crippen molar-refractivity contribution in [1.82, 2.24) is 15.1 Å². The molecule has 0 atom stereocenters. The number of carbonyl (C=O) groups excluding carboxylic acids is 1. The number of hydrogen-bond donors (Lipinski definition) is 1. The van der Waals surface area contributed by atoms with Gasteiger partial charge in [0.05, 0.1) is 6.61 Å². The summed E-state index contributed by atoms with van der Waals surface area (Å²) in [6.45, 7) is 5.49. The third-order valence-corrected chi connectivity index (χ3v) is 4.23. The summed E-state index contributed by atoms with van der Waals surface area (Å²) in [5.41, 5.74) is 2.47. The lowest BCUT2D eigenvalue weighted by atomic mass is 10.1. The molecular formula is C19H24N4O2. The molecule has 0 radical (unpaired) electrons. The van der Waals surface area contributed by atoms with Crippen molar-refractivity contribution in [2.24, 2.45) is 0 Å². The molecule has 0 saturated carbocycles. The Balaban J connectivity index is 1.56. The lowest BCUT2D eigenvalue weighted by molar-refractivity contribution is 0.0518. The molecule has 6 heteroatoms. The van der Waals surface area contributed by atoms with Crippen LogP contribution in [0.5, 0.6) is 0 Å². The molecule has 25 heavy (non-hydrogen) atoms. The zero-order valence-corrected chi connectivity index (χ0v) is 14.6. The second-order valence-electron chi connectivity index (χ2n) is 6.18. The summed E-state index contributed by atoms with van der Waals surface area (Å²) in [4.78, 5) is 14.1. The number of anilines is 2. The maximum Gasteiger partial charge on any atom is 0.358 e. The first-order valence-corrected chi connectivity index (χ1v) is 8.84. The van der Waals surface area contributed by atoms with E-state index < -0.39 is 5.97 Å². The van der Waals surface area contributed by atoms with Gasteiger partial charge in [-0.2, -0.15) is 0 Å². The summed E-state index contributed by atoms with van der Waals surface area (Å²) in [5.74, 6) is 0.139. The molecule has 0 unspecified atom stereocenters. The Hall–Kier alpha value is -2.47. The highest BCUT2D eigenvalue weighted by molar-refractivity contribution is 5.87. The van der Waals surface area contributed by atoms with E-state index in [4.69, 9.17) is 4.74 Å². The molecule has 2 heterocycles. The van der Waals surface area contributed by atoms with E-state index in [0.29, 0.717) is 12.4 Å². The van der Waals surface area contributed by atoms with E-state index in [2.05, 4.69) is 32.5 Å². The summed E-state index contributed by atoms with van der Waals surface area (Å²) in [5, 5.41) is 11.1. The van der Waals surface area contributed by atoms with Crippen LogP contribution in [0.3, 0.4) is 0 Å². The number of aromatic nitrogens is 2. The number of nitrogens with zero attached hydrogens (tertiary/aromatic N) is 3. The first-order valence-electron chi connectivity index (χ1n) is 8.84. The minimum Gasteiger partial charge on any atom is -0.461 e. The van der Waals surface area contributed by atoms with Gasteiger partial charge in [-0.05, 0) is 62.7 Å². The molecular weight excluding hydrogens is 316 g/mol. The highest BCUT2D eigenvalue weighted by atomic mass is 16.5. The summed E-state index contributed by atoms with van der Waals surface area (Å²) in [6, 6.07) is 11.7. The van der Waals surface area contributed by atoms with Crippen LogP contribution >= 0.6 is 0 Å². The Bertz CT molecular complexity index is 680. The van der Waals surface area contributed by atoms with Gasteiger partial charge in [0.1, 0.15) is 0 Å². The molecule has 1 aliphatic rings. The predicted molar refractivity (Wildman–Crippen MR) is 96.8 cm³/mol. The first kappa shape index (κ1) is 17.4. The number of ether oxygens (including phenoxy) is 1. The maximum atomic E-state index is 11.6. The molecule has 132 valence electrons. The second-order valence-corrected chi connectivity index (χ2v) is 6.18. The average molecular weight is 340 g/mol. The lowest BCUT2D eigenvalue weighted by Crippen LogP contribution is -2.29. The quantitative estimate of drug-likeness (QED) is 0.813. The van der Waals surface area contributed by atoms with Crippen molar-refractivity contribution in [3.63, 3.8) is 0 Å². The molecule has 0 bridgehead atoms. The Kier molecular flexibility index (Phi) is 5.95. The number of esters is 1. The standard InChI is InChI=1S/C19H24N4O2/c1-2-25-19(24)17-10-11-18(22-21-17)20-16-8-6-15(7-9-16)14-23-12-4-3-5-13-23/h6-11H,2-5,12-14H2,1H3,(H,20,22). The van der Waals surface area contributed by atoms with Crippen LogP contribution < -0.4 is 5.32 Å². The minimum absolute atomic E-state index is 0.212. The van der Waals surface area contributed by atoms with E-state index in [1.54, 1.807) is 19.1 Å². The van der Waals surface area contributed by atoms with Crippen LogP contribution in [0.1, 0.15) is 42.2 Å². The van der Waals surface area contributed by atoms with Crippen LogP contribution in [0, 0.1) is 0 Å². The Labute approximate surface area is 148 Å². The van der Waals surface area contributed by atoms with Gasteiger partial charge in [-0.1, -0.05) is 18.6 Å². The highest BCUT2D eigenvalue weighted by Crippen LogP contribution is 2.17. The monoisotopic (exact) mass is 340 g/mol. The van der Waals surface area contributed by atoms with Gasteiger partial charge in [-0.15, -0.1) is 10.2 Å². The van der Waals surface area contributed by atoms with E-state index in [1.165, 1.54) is 37.9 Å². The van der Waals surface area contributed by atoms with E-state index in [0.717, 1.165) is 12.2 Å². The third-order valence-electron chi connectivity index (χ3n) is 4.23. The summed E-state index contributed by atoms with van der Waals surface area (Å²) in [6.07, 6.45) is 3.97. The maximum absolute atomic E-state index is 11.6. The number of hydrogen-bond acceptors (Lipinski definition) is 6. The van der Waals surface area contributed by atoms with Crippen molar-refractivity contribution in [2.45, 2.75) is 32.7 Å². The summed E-state index contributed by atoms with van der Waals surface area (Å²) < 4.78 is 4.90. The summed E-state index contributed by atoms with van der Waals surface area (Å²) >= 11 is 0. The molecule has 1 fully saturated rings. The summed E-state index contributed by atoms with van der Waals surface area (Å²) in [7, 11) is 0. The highest BCUT2D eigenvalue weighted by Gasteiger charge is 2.11. The van der Waals surface area contributed by atoms with Gasteiger partial charge in [0.15, 0.2) is 11.5 Å². The predicted octanol–water partition coefficient (Wildman–Crippen LogP) is 3.38. The van der Waals surface area contributed by atoms with Crippen molar-refractivity contribution >= 4 is 17.5 Å². The van der Waals surface area contributed by atoms with Gasteiger partial charge in [0, 0.05) is 12.2 Å². The van der Waals surface area contributed by atoms with Crippen molar-refractivity contribution < 1.29 is 9.53 Å². The fraction of sp³-hybridized carbons (Fsp3) is 0.421. The molecule has 1 N–H and O–H groups in total. The number of piperidine rings is 1. The van der Waals surface area contributed by atoms with Crippen LogP contribution in [-0.4, -0.2) is 40.8 Å². The zero-order valence-electron chi connectivity index (χ0n) is 14.6. The average Bonchev–Trinajstić information content (AvgIpc) is 2.65. The van der Waals surface area contributed by atoms with Crippen LogP contribution in [0.25, 0.3) is 0 Å². The van der Waals surface area contributed by atoms with Crippen molar-refractivity contribution in [3.8, 4) is 0 Å². The number of nitrogens with one attached hydrogen (secondary N) is 1. The van der Waals surface area contributed by atoms with E-state index in [-0.39, 0.29) is 5.69 Å². The zero-order chi connectivity index (χ0) is 17.5. The van der Waals surface area contributed by atoms with Gasteiger partial charge in [0.2, 0.25) is 0 Å². The van der Waals surface area contributed by atoms with E-state index in [1.807, 2.05) is 12.1 Å². The first-order chi connectivity index (χ1) is 12.2. The molecule has 0 aliphatic carbocycles. The van der Waals surface area contributed by atoms with Crippen LogP contribution in [0.4, 0.5) is 11.5 Å². The third kappa shape index (κ3) is 5.00. The van der Waals surface area contributed by atoms with Crippen LogP contribution in [-0.2, 0) is 11.3 Å². The topological polar surface area (TPSA) is 67.3 Å². The van der Waals surface area contributed by atoms with Gasteiger partial charge in [0.25, 0.3) is 0 Å². The minimum atomic E-state index is -0.455. The second kappa shape index (κ2) is 8.58. The van der Waals surface area contributed by atoms with Gasteiger partial charge in [-0.3, -0.25) is 4.90 Å². The van der Waals surface area contributed by atoms with Gasteiger partial charge < -0.3 is 10.1 Å². The molecule has 1 aliphatic heterocycles. The Morgan fingerprint density at radius 1 is 1.08 bits per heavy atom. The molecule has 0 amide bonds. The number of rotatable bonds is 6. The number of benzene rings is 1. The molecule has 6 nitrogen and oxygen atoms in total. The molecule has 2 aromatic rings. The molecule has 3 rings (SSSR count). The van der Waals surface area contributed by atoms with Crippen molar-refractivity contribution in [2.75, 3.05) is 25.0 Å². The lowest BCUT2D eigenvalue weighted by Gasteiger charge is -2.26. The number of likely N-dealkylation sites (tertiary alicyclic amines) is 1. The van der Waals surface area contributed by atoms with Crippen molar-refractivity contribution in [3.05, 3.63) is 47.7 Å². The Morgan fingerprint density at radius 3 is 2.48 bits per heavy atom. The fourth-order valence-corrected chi connectivity index (χ4v) is 2.93. The molecule has 1 saturated heterocycles. The Morgan fingerprint density at radius 2 is 1.84 bits per heavy atom. The van der Waals surface area contributed by atoms with E-state index >= 15 is 0 Å². The van der Waals surface area contributed by atoms with Gasteiger partial charge >= 0.3 is 5.97 Å². The SMILES string of the molecule is CCOC(=O)c1ccc(Nc2ccc(CN3CCCCC3)cc2)nn1. The molecule has 0 spiro atoms. The van der Waals surface area contributed by atoms with Gasteiger partial charge in [-0.25, -0.2) is 4.79 Å². The van der Waals surface area contributed by atoms with Crippen LogP contribution in [0.2, 0.25) is 0 Å². The smallest absolute Gasteiger partial charge is 0.358 e. The number of carbonyl (C=O) groups is 1.